The summed E-state index contributed by atoms with van der Waals surface area (Å²) in [4.78, 5) is 50.3. The van der Waals surface area contributed by atoms with Gasteiger partial charge < -0.3 is 14.2 Å². The highest BCUT2D eigenvalue weighted by Gasteiger charge is 2.50. The van der Waals surface area contributed by atoms with Gasteiger partial charge in [-0.25, -0.2) is 18.8 Å². The highest BCUT2D eigenvalue weighted by atomic mass is 19.4. The Kier molecular flexibility index (Phi) is 7.25. The molecule has 0 amide bonds. The smallest absolute Gasteiger partial charge is 0.423 e. The second kappa shape index (κ2) is 10.4. The number of carbonyl (C=O) groups is 2. The molecule has 0 bridgehead atoms. The van der Waals surface area contributed by atoms with Crippen LogP contribution in [0.15, 0.2) is 76.4 Å². The van der Waals surface area contributed by atoms with E-state index in [4.69, 9.17) is 14.2 Å². The van der Waals surface area contributed by atoms with Crippen LogP contribution in [0.3, 0.4) is 0 Å². The number of halogens is 4. The third-order valence-corrected chi connectivity index (χ3v) is 5.46. The van der Waals surface area contributed by atoms with E-state index in [0.717, 1.165) is 0 Å². The van der Waals surface area contributed by atoms with Gasteiger partial charge in [0.2, 0.25) is 0 Å². The van der Waals surface area contributed by atoms with Crippen molar-refractivity contribution in [3.05, 3.63) is 104 Å². The van der Waals surface area contributed by atoms with Crippen molar-refractivity contribution in [3.8, 4) is 0 Å². The number of benzene rings is 2. The molecule has 0 unspecified atom stereocenters. The molecule has 0 saturated carbocycles. The van der Waals surface area contributed by atoms with E-state index < -0.39 is 66.1 Å². The van der Waals surface area contributed by atoms with Gasteiger partial charge in [-0.1, -0.05) is 36.4 Å². The largest absolute Gasteiger partial charge is 0.459 e. The van der Waals surface area contributed by atoms with E-state index in [9.17, 15) is 32.3 Å². The van der Waals surface area contributed by atoms with Crippen LogP contribution < -0.4 is 11.2 Å². The summed E-state index contributed by atoms with van der Waals surface area (Å²) >= 11 is 0. The fourth-order valence-electron chi connectivity index (χ4n) is 3.65. The van der Waals surface area contributed by atoms with E-state index in [0.29, 0.717) is 0 Å². The van der Waals surface area contributed by atoms with Gasteiger partial charge in [0.25, 0.3) is 5.56 Å². The Labute approximate surface area is 205 Å². The lowest BCUT2D eigenvalue weighted by atomic mass is 10.1. The molecule has 1 fully saturated rings. The van der Waals surface area contributed by atoms with Gasteiger partial charge in [0.05, 0.1) is 11.1 Å². The number of carbonyl (C=O) groups excluding carboxylic acids is 2. The summed E-state index contributed by atoms with van der Waals surface area (Å²) in [6.07, 6.45) is -12.7. The van der Waals surface area contributed by atoms with E-state index in [2.05, 4.69) is 0 Å². The topological polar surface area (TPSA) is 117 Å². The van der Waals surface area contributed by atoms with E-state index in [1.54, 1.807) is 24.3 Å². The minimum Gasteiger partial charge on any atom is -0.459 e. The van der Waals surface area contributed by atoms with Crippen molar-refractivity contribution in [2.75, 3.05) is 6.61 Å². The number of H-pyrrole nitrogens is 1. The van der Waals surface area contributed by atoms with Gasteiger partial charge in [0.15, 0.2) is 18.5 Å². The molecule has 1 saturated heterocycles. The van der Waals surface area contributed by atoms with Crippen LogP contribution in [0.5, 0.6) is 0 Å². The maximum absolute atomic E-state index is 15.5. The van der Waals surface area contributed by atoms with Gasteiger partial charge >= 0.3 is 23.8 Å². The normalized spacial score (nSPS) is 21.4. The van der Waals surface area contributed by atoms with Crippen LogP contribution in [0.1, 0.15) is 32.5 Å². The van der Waals surface area contributed by atoms with Crippen molar-refractivity contribution >= 4 is 11.9 Å². The lowest BCUT2D eigenvalue weighted by Gasteiger charge is -2.19. The Morgan fingerprint density at radius 1 is 0.946 bits per heavy atom. The van der Waals surface area contributed by atoms with Crippen LogP contribution in [-0.4, -0.2) is 46.5 Å². The molecular formula is C24H18F4N2O7. The Morgan fingerprint density at radius 3 is 2.08 bits per heavy atom. The van der Waals surface area contributed by atoms with Gasteiger partial charge in [-0.05, 0) is 24.3 Å². The molecule has 37 heavy (non-hydrogen) atoms. The first-order chi connectivity index (χ1) is 17.6. The second-order valence-corrected chi connectivity index (χ2v) is 7.92. The summed E-state index contributed by atoms with van der Waals surface area (Å²) < 4.78 is 71.2. The quantitative estimate of drug-likeness (QED) is 0.391. The van der Waals surface area contributed by atoms with Crippen molar-refractivity contribution in [2.24, 2.45) is 0 Å². The lowest BCUT2D eigenvalue weighted by molar-refractivity contribution is -0.139. The molecule has 0 spiro atoms. The van der Waals surface area contributed by atoms with Crippen molar-refractivity contribution in [2.45, 2.75) is 30.8 Å². The first-order valence-corrected chi connectivity index (χ1v) is 10.8. The van der Waals surface area contributed by atoms with Crippen LogP contribution in [0, 0.1) is 0 Å². The monoisotopic (exact) mass is 522 g/mol. The minimum absolute atomic E-state index is 0.0405. The summed E-state index contributed by atoms with van der Waals surface area (Å²) in [6.45, 7) is -0.665. The van der Waals surface area contributed by atoms with E-state index in [-0.39, 0.29) is 21.9 Å². The summed E-state index contributed by atoms with van der Waals surface area (Å²) in [5.74, 6) is -1.81. The standard InChI is InChI=1S/C24H18F4N2O7/c25-17-18(37-22(33)14-9-5-2-6-10-14)16(12-35-21(32)13-7-3-1-4-8-13)36-20(17)30-11-15(24(26,27)28)19(31)29-23(30)34/h1-11,16-18,20H,12H2,(H,29,31,34)/t16-,17+,18-,20-/m0/s1. The maximum Gasteiger partial charge on any atom is 0.423 e. The average Bonchev–Trinajstić information content (AvgIpc) is 3.17. The third kappa shape index (κ3) is 5.61. The van der Waals surface area contributed by atoms with E-state index in [1.165, 1.54) is 41.4 Å². The zero-order valence-corrected chi connectivity index (χ0v) is 18.7. The molecule has 2 heterocycles. The number of rotatable bonds is 6. The zero-order valence-electron chi connectivity index (χ0n) is 18.7. The predicted molar refractivity (Wildman–Crippen MR) is 118 cm³/mol. The van der Waals surface area contributed by atoms with Crippen molar-refractivity contribution in [1.29, 1.82) is 0 Å². The molecule has 9 nitrogen and oxygen atoms in total. The van der Waals surface area contributed by atoms with Crippen LogP contribution >= 0.6 is 0 Å². The summed E-state index contributed by atoms with van der Waals surface area (Å²) in [6, 6.07) is 15.1. The third-order valence-electron chi connectivity index (χ3n) is 5.46. The molecule has 1 N–H and O–H groups in total. The number of aromatic nitrogens is 2. The molecular weight excluding hydrogens is 504 g/mol. The van der Waals surface area contributed by atoms with Gasteiger partial charge in [-0.2, -0.15) is 13.2 Å². The van der Waals surface area contributed by atoms with Crippen LogP contribution in [0.4, 0.5) is 17.6 Å². The van der Waals surface area contributed by atoms with E-state index in [1.807, 2.05) is 0 Å². The summed E-state index contributed by atoms with van der Waals surface area (Å²) in [5, 5.41) is 0. The average molecular weight is 522 g/mol. The molecule has 0 aliphatic carbocycles. The fourth-order valence-corrected chi connectivity index (χ4v) is 3.65. The Balaban J connectivity index is 1.63. The first-order valence-electron chi connectivity index (χ1n) is 10.8. The lowest BCUT2D eigenvalue weighted by Crippen LogP contribution is -2.40. The zero-order chi connectivity index (χ0) is 26.7. The number of hydrogen-bond acceptors (Lipinski definition) is 7. The first kappa shape index (κ1) is 25.8. The molecule has 1 aliphatic rings. The van der Waals surface area contributed by atoms with Crippen molar-refractivity contribution in [1.82, 2.24) is 9.55 Å². The molecule has 194 valence electrons. The fraction of sp³-hybridized carbons (Fsp3) is 0.250. The molecule has 13 heteroatoms. The van der Waals surface area contributed by atoms with E-state index >= 15 is 4.39 Å². The number of nitrogens with one attached hydrogen (secondary N) is 1. The van der Waals surface area contributed by atoms with Crippen LogP contribution in [0.2, 0.25) is 0 Å². The molecule has 1 aromatic heterocycles. The number of esters is 2. The molecule has 0 radical (unpaired) electrons. The summed E-state index contributed by atoms with van der Waals surface area (Å²) in [5.41, 5.74) is -4.68. The van der Waals surface area contributed by atoms with Crippen LogP contribution in [-0.2, 0) is 20.4 Å². The minimum atomic E-state index is -5.16. The van der Waals surface area contributed by atoms with Crippen molar-refractivity contribution < 1.29 is 41.4 Å². The van der Waals surface area contributed by atoms with Gasteiger partial charge in [-0.15, -0.1) is 0 Å². The number of ether oxygens (including phenoxy) is 3. The van der Waals surface area contributed by atoms with Gasteiger partial charge in [-0.3, -0.25) is 14.3 Å². The van der Waals surface area contributed by atoms with Gasteiger partial charge in [0, 0.05) is 6.20 Å². The number of alkyl halides is 4. The van der Waals surface area contributed by atoms with Gasteiger partial charge in [0.1, 0.15) is 18.3 Å². The SMILES string of the molecule is O=C(OC[C@@H]1O[C@H](n2cc(C(F)(F)F)c(=O)[nH]c2=O)[C@H](F)[C@H]1OC(=O)c1ccccc1)c1ccccc1. The molecule has 3 aromatic rings. The van der Waals surface area contributed by atoms with Crippen LogP contribution in [0.25, 0.3) is 0 Å². The second-order valence-electron chi connectivity index (χ2n) is 7.92. The number of hydrogen-bond donors (Lipinski definition) is 1. The highest BCUT2D eigenvalue weighted by molar-refractivity contribution is 5.90. The Bertz CT molecular complexity index is 1390. The molecule has 4 rings (SSSR count). The van der Waals surface area contributed by atoms with Crippen molar-refractivity contribution in [3.63, 3.8) is 0 Å². The maximum atomic E-state index is 15.5. The Morgan fingerprint density at radius 2 is 1.51 bits per heavy atom. The predicted octanol–water partition coefficient (Wildman–Crippen LogP) is 2.87. The Hall–Kier alpha value is -4.26. The number of nitrogens with zero attached hydrogens (tertiary/aromatic N) is 1. The molecule has 2 aromatic carbocycles. The molecule has 4 atom stereocenters. The summed E-state index contributed by atoms with van der Waals surface area (Å²) in [7, 11) is 0. The highest BCUT2D eigenvalue weighted by Crippen LogP contribution is 2.35. The molecule has 1 aliphatic heterocycles. The number of aromatic amines is 1.